The molecule has 2 aliphatic rings. The molecule has 2 fully saturated rings. The summed E-state index contributed by atoms with van der Waals surface area (Å²) in [4.78, 5) is 28.8. The number of carbonyl (C=O) groups excluding carboxylic acids is 2. The maximum absolute atomic E-state index is 12.7. The van der Waals surface area contributed by atoms with Gasteiger partial charge in [0, 0.05) is 19.1 Å². The first kappa shape index (κ1) is 18.6. The third-order valence-electron chi connectivity index (χ3n) is 5.84. The maximum Gasteiger partial charge on any atom is 0.410 e. The van der Waals surface area contributed by atoms with E-state index in [4.69, 9.17) is 9.15 Å². The number of aryl methyl sites for hydroxylation is 2. The number of cyclic esters (lactones) is 1. The van der Waals surface area contributed by atoms with Crippen LogP contribution in [0.3, 0.4) is 0 Å². The molecule has 148 valence electrons. The highest BCUT2D eigenvalue weighted by Gasteiger charge is 2.40. The summed E-state index contributed by atoms with van der Waals surface area (Å²) >= 11 is 0. The van der Waals surface area contributed by atoms with Crippen molar-refractivity contribution in [1.82, 2.24) is 9.80 Å². The highest BCUT2D eigenvalue weighted by atomic mass is 16.6. The van der Waals surface area contributed by atoms with E-state index in [1.54, 1.807) is 6.07 Å². The number of hydrogen-bond donors (Lipinski definition) is 0. The molecule has 6 nitrogen and oxygen atoms in total. The van der Waals surface area contributed by atoms with Gasteiger partial charge in [-0.05, 0) is 50.3 Å². The number of carbonyl (C=O) groups is 2. The van der Waals surface area contributed by atoms with Crippen molar-refractivity contribution in [2.45, 2.75) is 45.2 Å². The minimum atomic E-state index is -0.233. The van der Waals surface area contributed by atoms with E-state index in [1.165, 1.54) is 5.56 Å². The molecule has 2 aliphatic heterocycles. The number of nitrogens with zero attached hydrogens (tertiary/aromatic N) is 2. The fraction of sp³-hybridized carbons (Fsp3) is 0.455. The normalized spacial score (nSPS) is 20.5. The summed E-state index contributed by atoms with van der Waals surface area (Å²) in [5.74, 6) is 1.11. The SMILES string of the molecule is Cc1cc(C(=O)N2CCC(N3C(=O)OC[C@H]3Cc3ccccc3)CC2)oc1C. The van der Waals surface area contributed by atoms with Gasteiger partial charge in [-0.1, -0.05) is 30.3 Å². The van der Waals surface area contributed by atoms with Crippen molar-refractivity contribution in [3.05, 3.63) is 59.0 Å². The molecular weight excluding hydrogens is 356 g/mol. The Labute approximate surface area is 165 Å². The van der Waals surface area contributed by atoms with Crippen LogP contribution in [-0.4, -0.2) is 53.6 Å². The van der Waals surface area contributed by atoms with Gasteiger partial charge < -0.3 is 14.1 Å². The fourth-order valence-corrected chi connectivity index (χ4v) is 4.14. The molecule has 6 heteroatoms. The van der Waals surface area contributed by atoms with Crippen LogP contribution in [0.15, 0.2) is 40.8 Å². The lowest BCUT2D eigenvalue weighted by Crippen LogP contribution is -2.50. The molecule has 1 atom stereocenters. The summed E-state index contributed by atoms with van der Waals surface area (Å²) in [6.07, 6.45) is 2.06. The van der Waals surface area contributed by atoms with Crippen LogP contribution < -0.4 is 0 Å². The quantitative estimate of drug-likeness (QED) is 0.811. The standard InChI is InChI=1S/C22H26N2O4/c1-15-12-20(28-16(15)2)21(25)23-10-8-18(9-11-23)24-19(14-27-22(24)26)13-17-6-4-3-5-7-17/h3-7,12,18-19H,8-11,13-14H2,1-2H3/t19-/m1/s1. The molecule has 0 saturated carbocycles. The summed E-state index contributed by atoms with van der Waals surface area (Å²) in [6.45, 7) is 5.46. The molecule has 4 rings (SSSR count). The van der Waals surface area contributed by atoms with Gasteiger partial charge in [-0.15, -0.1) is 0 Å². The van der Waals surface area contributed by atoms with Crippen LogP contribution in [0.2, 0.25) is 0 Å². The van der Waals surface area contributed by atoms with Crippen molar-refractivity contribution < 1.29 is 18.7 Å². The number of ether oxygens (including phenoxy) is 1. The first-order valence-electron chi connectivity index (χ1n) is 9.88. The van der Waals surface area contributed by atoms with Gasteiger partial charge in [-0.25, -0.2) is 4.79 Å². The van der Waals surface area contributed by atoms with Crippen LogP contribution in [-0.2, 0) is 11.2 Å². The van der Waals surface area contributed by atoms with Crippen molar-refractivity contribution in [1.29, 1.82) is 0 Å². The molecule has 2 aromatic rings. The number of hydrogen-bond acceptors (Lipinski definition) is 4. The molecular formula is C22H26N2O4. The number of rotatable bonds is 4. The zero-order valence-electron chi connectivity index (χ0n) is 16.4. The summed E-state index contributed by atoms with van der Waals surface area (Å²) in [5, 5.41) is 0. The molecule has 3 heterocycles. The van der Waals surface area contributed by atoms with Crippen LogP contribution in [0, 0.1) is 13.8 Å². The summed E-state index contributed by atoms with van der Waals surface area (Å²) in [7, 11) is 0. The second kappa shape index (κ2) is 7.70. The third kappa shape index (κ3) is 3.63. The van der Waals surface area contributed by atoms with E-state index in [1.807, 2.05) is 41.8 Å². The molecule has 2 saturated heterocycles. The monoisotopic (exact) mass is 382 g/mol. The van der Waals surface area contributed by atoms with Crippen molar-refractivity contribution in [3.8, 4) is 0 Å². The smallest absolute Gasteiger partial charge is 0.410 e. The van der Waals surface area contributed by atoms with E-state index in [9.17, 15) is 9.59 Å². The molecule has 0 bridgehead atoms. The van der Waals surface area contributed by atoms with Crippen LogP contribution in [0.4, 0.5) is 4.79 Å². The van der Waals surface area contributed by atoms with Gasteiger partial charge in [-0.2, -0.15) is 0 Å². The Morgan fingerprint density at radius 3 is 2.50 bits per heavy atom. The van der Waals surface area contributed by atoms with Gasteiger partial charge in [0.15, 0.2) is 5.76 Å². The van der Waals surface area contributed by atoms with Gasteiger partial charge in [-0.3, -0.25) is 9.69 Å². The van der Waals surface area contributed by atoms with Crippen LogP contribution in [0.25, 0.3) is 0 Å². The molecule has 0 unspecified atom stereocenters. The summed E-state index contributed by atoms with van der Waals surface area (Å²) < 4.78 is 10.9. The molecule has 0 N–H and O–H groups in total. The van der Waals surface area contributed by atoms with Crippen molar-refractivity contribution in [3.63, 3.8) is 0 Å². The lowest BCUT2D eigenvalue weighted by Gasteiger charge is -2.37. The number of amides is 2. The number of likely N-dealkylation sites (tertiary alicyclic amines) is 1. The van der Waals surface area contributed by atoms with Gasteiger partial charge in [0.2, 0.25) is 0 Å². The molecule has 28 heavy (non-hydrogen) atoms. The van der Waals surface area contributed by atoms with E-state index >= 15 is 0 Å². The van der Waals surface area contributed by atoms with Crippen LogP contribution in [0.1, 0.15) is 40.3 Å². The van der Waals surface area contributed by atoms with Crippen molar-refractivity contribution >= 4 is 12.0 Å². The van der Waals surface area contributed by atoms with Gasteiger partial charge in [0.1, 0.15) is 12.4 Å². The zero-order valence-corrected chi connectivity index (χ0v) is 16.4. The Balaban J connectivity index is 1.39. The van der Waals surface area contributed by atoms with Crippen LogP contribution >= 0.6 is 0 Å². The predicted octanol–water partition coefficient (Wildman–Crippen LogP) is 3.56. The topological polar surface area (TPSA) is 63.0 Å². The molecule has 1 aromatic heterocycles. The largest absolute Gasteiger partial charge is 0.456 e. The second-order valence-electron chi connectivity index (χ2n) is 7.70. The Kier molecular flexibility index (Phi) is 5.11. The number of furan rings is 1. The number of benzene rings is 1. The molecule has 0 spiro atoms. The molecule has 2 amide bonds. The lowest BCUT2D eigenvalue weighted by atomic mass is 9.99. The molecule has 1 aromatic carbocycles. The average Bonchev–Trinajstić information content (AvgIpc) is 3.24. The van der Waals surface area contributed by atoms with E-state index in [0.29, 0.717) is 25.5 Å². The first-order valence-corrected chi connectivity index (χ1v) is 9.88. The molecule has 0 aliphatic carbocycles. The number of piperidine rings is 1. The van der Waals surface area contributed by atoms with E-state index < -0.39 is 0 Å². The Morgan fingerprint density at radius 1 is 1.14 bits per heavy atom. The molecule has 0 radical (unpaired) electrons. The Morgan fingerprint density at radius 2 is 1.86 bits per heavy atom. The highest BCUT2D eigenvalue weighted by Crippen LogP contribution is 2.27. The maximum atomic E-state index is 12.7. The fourth-order valence-electron chi connectivity index (χ4n) is 4.14. The Hall–Kier alpha value is -2.76. The highest BCUT2D eigenvalue weighted by molar-refractivity contribution is 5.91. The second-order valence-corrected chi connectivity index (χ2v) is 7.70. The zero-order chi connectivity index (χ0) is 19.7. The first-order chi connectivity index (χ1) is 13.5. The average molecular weight is 382 g/mol. The summed E-state index contributed by atoms with van der Waals surface area (Å²) in [6, 6.07) is 12.1. The third-order valence-corrected chi connectivity index (χ3v) is 5.84. The van der Waals surface area contributed by atoms with Gasteiger partial charge >= 0.3 is 6.09 Å². The van der Waals surface area contributed by atoms with E-state index in [0.717, 1.165) is 30.6 Å². The van der Waals surface area contributed by atoms with Crippen LogP contribution in [0.5, 0.6) is 0 Å². The lowest BCUT2D eigenvalue weighted by molar-refractivity contribution is 0.0606. The van der Waals surface area contributed by atoms with E-state index in [-0.39, 0.29) is 24.1 Å². The Bertz CT molecular complexity index is 833. The predicted molar refractivity (Wildman–Crippen MR) is 104 cm³/mol. The minimum absolute atomic E-state index is 0.0533. The van der Waals surface area contributed by atoms with Crippen molar-refractivity contribution in [2.24, 2.45) is 0 Å². The minimum Gasteiger partial charge on any atom is -0.456 e. The summed E-state index contributed by atoms with van der Waals surface area (Å²) in [5.41, 5.74) is 2.19. The van der Waals surface area contributed by atoms with Gasteiger partial charge in [0.25, 0.3) is 5.91 Å². The van der Waals surface area contributed by atoms with Crippen molar-refractivity contribution in [2.75, 3.05) is 19.7 Å². The van der Waals surface area contributed by atoms with E-state index in [2.05, 4.69) is 12.1 Å². The van der Waals surface area contributed by atoms with Gasteiger partial charge in [0.05, 0.1) is 6.04 Å².